The van der Waals surface area contributed by atoms with Gasteiger partial charge in [0.1, 0.15) is 0 Å². The minimum Gasteiger partial charge on any atom is -0.306 e. The zero-order valence-electron chi connectivity index (χ0n) is 10.3. The average Bonchev–Trinajstić information content (AvgIpc) is 2.17. The van der Waals surface area contributed by atoms with Gasteiger partial charge in [0.25, 0.3) is 0 Å². The van der Waals surface area contributed by atoms with E-state index in [2.05, 4.69) is 25.8 Å². The van der Waals surface area contributed by atoms with Gasteiger partial charge in [-0.1, -0.05) is 39.5 Å². The first kappa shape index (κ1) is 12.0. The summed E-state index contributed by atoms with van der Waals surface area (Å²) in [5, 5.41) is 0. The molecule has 0 aromatic carbocycles. The molecule has 1 nitrogen and oxygen atoms in total. The van der Waals surface area contributed by atoms with Crippen LogP contribution in [0.3, 0.4) is 0 Å². The van der Waals surface area contributed by atoms with Crippen LogP contribution in [0.4, 0.5) is 0 Å². The molecule has 0 aromatic rings. The first-order valence-electron chi connectivity index (χ1n) is 6.46. The molecule has 2 atom stereocenters. The van der Waals surface area contributed by atoms with Gasteiger partial charge < -0.3 is 4.90 Å². The molecule has 1 saturated heterocycles. The number of hydrogen-bond acceptors (Lipinski definition) is 1. The maximum Gasteiger partial charge on any atom is 0.000926 e. The molecular weight excluding hydrogens is 170 g/mol. The van der Waals surface area contributed by atoms with Crippen molar-refractivity contribution in [2.45, 2.75) is 52.4 Å². The van der Waals surface area contributed by atoms with Gasteiger partial charge in [0.2, 0.25) is 0 Å². The van der Waals surface area contributed by atoms with Crippen LogP contribution in [0.5, 0.6) is 0 Å². The molecule has 1 aliphatic rings. The zero-order chi connectivity index (χ0) is 10.4. The Morgan fingerprint density at radius 1 is 1.07 bits per heavy atom. The van der Waals surface area contributed by atoms with E-state index < -0.39 is 0 Å². The fourth-order valence-corrected chi connectivity index (χ4v) is 2.81. The van der Waals surface area contributed by atoms with E-state index in [1.807, 2.05) is 0 Å². The number of unbranched alkanes of at least 4 members (excludes halogenated alkanes) is 1. The van der Waals surface area contributed by atoms with E-state index in [9.17, 15) is 0 Å². The Hall–Kier alpha value is -0.0400. The molecule has 14 heavy (non-hydrogen) atoms. The number of piperidine rings is 1. The number of rotatable bonds is 5. The van der Waals surface area contributed by atoms with Crippen LogP contribution in [-0.4, -0.2) is 25.0 Å². The first-order valence-corrected chi connectivity index (χ1v) is 6.46. The van der Waals surface area contributed by atoms with Gasteiger partial charge in [-0.15, -0.1) is 0 Å². The summed E-state index contributed by atoms with van der Waals surface area (Å²) in [4.78, 5) is 2.52. The highest BCUT2D eigenvalue weighted by molar-refractivity contribution is 4.78. The van der Waals surface area contributed by atoms with Crippen molar-refractivity contribution in [2.24, 2.45) is 11.8 Å². The molecule has 1 aliphatic heterocycles. The Morgan fingerprint density at radius 2 is 1.86 bits per heavy atom. The molecule has 0 N–H and O–H groups in total. The third-order valence-electron chi connectivity index (χ3n) is 3.68. The van der Waals surface area contributed by atoms with E-state index in [-0.39, 0.29) is 0 Å². The van der Waals surface area contributed by atoms with Gasteiger partial charge in [0.05, 0.1) is 0 Å². The summed E-state index contributed by atoms with van der Waals surface area (Å²) in [6, 6.07) is 0. The van der Waals surface area contributed by atoms with E-state index >= 15 is 0 Å². The standard InChI is InChI=1S/C13H27N/c1-4-6-8-12-9-10-14(3)11-13(12)7-5-2/h12-13H,4-11H2,1-3H3. The van der Waals surface area contributed by atoms with E-state index in [0.29, 0.717) is 0 Å². The van der Waals surface area contributed by atoms with Crippen molar-refractivity contribution < 1.29 is 0 Å². The highest BCUT2D eigenvalue weighted by Gasteiger charge is 2.25. The molecule has 2 unspecified atom stereocenters. The van der Waals surface area contributed by atoms with Gasteiger partial charge >= 0.3 is 0 Å². The van der Waals surface area contributed by atoms with Crippen molar-refractivity contribution in [1.29, 1.82) is 0 Å². The lowest BCUT2D eigenvalue weighted by molar-refractivity contribution is 0.127. The Bertz CT molecular complexity index is 142. The third kappa shape index (κ3) is 3.61. The first-order chi connectivity index (χ1) is 6.77. The minimum atomic E-state index is 0.991. The largest absolute Gasteiger partial charge is 0.306 e. The van der Waals surface area contributed by atoms with Crippen molar-refractivity contribution in [3.8, 4) is 0 Å². The summed E-state index contributed by atoms with van der Waals surface area (Å²) < 4.78 is 0. The molecule has 0 saturated carbocycles. The van der Waals surface area contributed by atoms with Crippen LogP contribution in [0.2, 0.25) is 0 Å². The van der Waals surface area contributed by atoms with E-state index in [1.54, 1.807) is 0 Å². The summed E-state index contributed by atoms with van der Waals surface area (Å²) in [7, 11) is 2.28. The van der Waals surface area contributed by atoms with Gasteiger partial charge in [0.15, 0.2) is 0 Å². The van der Waals surface area contributed by atoms with Gasteiger partial charge in [-0.05, 0) is 38.3 Å². The van der Waals surface area contributed by atoms with Gasteiger partial charge in [-0.25, -0.2) is 0 Å². The highest BCUT2D eigenvalue weighted by atomic mass is 15.1. The second kappa shape index (κ2) is 6.44. The van der Waals surface area contributed by atoms with Crippen molar-refractivity contribution in [3.05, 3.63) is 0 Å². The number of hydrogen-bond donors (Lipinski definition) is 0. The monoisotopic (exact) mass is 197 g/mol. The Morgan fingerprint density at radius 3 is 2.50 bits per heavy atom. The van der Waals surface area contributed by atoms with Gasteiger partial charge in [-0.2, -0.15) is 0 Å². The molecule has 1 rings (SSSR count). The van der Waals surface area contributed by atoms with E-state index in [1.165, 1.54) is 51.6 Å². The number of likely N-dealkylation sites (tertiary alicyclic amines) is 1. The SMILES string of the molecule is CCCCC1CCN(C)CC1CCC. The second-order valence-corrected chi connectivity index (χ2v) is 5.00. The maximum absolute atomic E-state index is 2.52. The molecule has 0 radical (unpaired) electrons. The molecule has 0 aliphatic carbocycles. The fraction of sp³-hybridized carbons (Fsp3) is 1.00. The predicted octanol–water partition coefficient (Wildman–Crippen LogP) is 3.54. The predicted molar refractivity (Wildman–Crippen MR) is 63.5 cm³/mol. The molecular formula is C13H27N. The summed E-state index contributed by atoms with van der Waals surface area (Å²) in [6.45, 7) is 7.31. The third-order valence-corrected chi connectivity index (χ3v) is 3.68. The molecule has 1 fully saturated rings. The topological polar surface area (TPSA) is 3.24 Å². The lowest BCUT2D eigenvalue weighted by atomic mass is 9.80. The summed E-state index contributed by atoms with van der Waals surface area (Å²) >= 11 is 0. The van der Waals surface area contributed by atoms with Crippen LogP contribution in [-0.2, 0) is 0 Å². The fourth-order valence-electron chi connectivity index (χ4n) is 2.81. The smallest absolute Gasteiger partial charge is 0.000926 e. The molecule has 0 spiro atoms. The second-order valence-electron chi connectivity index (χ2n) is 5.00. The molecule has 0 amide bonds. The maximum atomic E-state index is 2.52. The quantitative estimate of drug-likeness (QED) is 0.651. The van der Waals surface area contributed by atoms with Crippen LogP contribution in [0.15, 0.2) is 0 Å². The van der Waals surface area contributed by atoms with Gasteiger partial charge in [-0.3, -0.25) is 0 Å². The van der Waals surface area contributed by atoms with Crippen molar-refractivity contribution in [3.63, 3.8) is 0 Å². The Balaban J connectivity index is 2.36. The van der Waals surface area contributed by atoms with Crippen molar-refractivity contribution >= 4 is 0 Å². The lowest BCUT2D eigenvalue weighted by Gasteiger charge is -2.37. The minimum absolute atomic E-state index is 0.991. The van der Waals surface area contributed by atoms with Gasteiger partial charge in [0, 0.05) is 6.54 Å². The highest BCUT2D eigenvalue weighted by Crippen LogP contribution is 2.30. The average molecular weight is 197 g/mol. The van der Waals surface area contributed by atoms with E-state index in [4.69, 9.17) is 0 Å². The Kier molecular flexibility index (Phi) is 5.54. The number of nitrogens with zero attached hydrogens (tertiary/aromatic N) is 1. The molecule has 1 heteroatoms. The lowest BCUT2D eigenvalue weighted by Crippen LogP contribution is -2.38. The molecule has 0 aromatic heterocycles. The van der Waals surface area contributed by atoms with Crippen LogP contribution in [0, 0.1) is 11.8 Å². The van der Waals surface area contributed by atoms with Crippen molar-refractivity contribution in [1.82, 2.24) is 4.90 Å². The van der Waals surface area contributed by atoms with Crippen LogP contribution < -0.4 is 0 Å². The summed E-state index contributed by atoms with van der Waals surface area (Å²) in [5.41, 5.74) is 0. The Labute approximate surface area is 89.9 Å². The zero-order valence-corrected chi connectivity index (χ0v) is 10.3. The summed E-state index contributed by atoms with van der Waals surface area (Å²) in [6.07, 6.45) is 8.54. The van der Waals surface area contributed by atoms with Crippen LogP contribution in [0.1, 0.15) is 52.4 Å². The van der Waals surface area contributed by atoms with Crippen molar-refractivity contribution in [2.75, 3.05) is 20.1 Å². The van der Waals surface area contributed by atoms with Crippen LogP contribution >= 0.6 is 0 Å². The molecule has 0 bridgehead atoms. The normalized spacial score (nSPS) is 29.4. The molecule has 1 heterocycles. The molecule has 84 valence electrons. The van der Waals surface area contributed by atoms with Crippen LogP contribution in [0.25, 0.3) is 0 Å². The van der Waals surface area contributed by atoms with E-state index in [0.717, 1.165) is 11.8 Å². The summed E-state index contributed by atoms with van der Waals surface area (Å²) in [5.74, 6) is 2.02.